The highest BCUT2D eigenvalue weighted by Gasteiger charge is 2.16. The van der Waals surface area contributed by atoms with Gasteiger partial charge in [0.25, 0.3) is 0 Å². The van der Waals surface area contributed by atoms with E-state index in [-0.39, 0.29) is 17.6 Å². The molecule has 0 saturated carbocycles. The normalized spacial score (nSPS) is 11.3. The topological polar surface area (TPSA) is 0 Å². The molecule has 0 bridgehead atoms. The third kappa shape index (κ3) is 3.63. The van der Waals surface area contributed by atoms with Crippen LogP contribution < -0.4 is 0 Å². The van der Waals surface area contributed by atoms with Crippen LogP contribution >= 0.6 is 0 Å². The van der Waals surface area contributed by atoms with Crippen molar-refractivity contribution in [2.45, 2.75) is 26.2 Å². The van der Waals surface area contributed by atoms with Crippen LogP contribution in [0.3, 0.4) is 0 Å². The molecule has 0 amide bonds. The molecule has 0 heterocycles. The number of benzene rings is 2. The minimum absolute atomic E-state index is 0.182. The summed E-state index contributed by atoms with van der Waals surface area (Å²) >= 11 is 0. The average Bonchev–Trinajstić information content (AvgIpc) is 2.38. The maximum absolute atomic E-state index is 13.0. The summed E-state index contributed by atoms with van der Waals surface area (Å²) in [5, 5.41) is 0. The first-order valence-electron chi connectivity index (χ1n) is 6.57. The lowest BCUT2D eigenvalue weighted by Gasteiger charge is -2.20. The van der Waals surface area contributed by atoms with Crippen LogP contribution in [0, 0.1) is 17.6 Å². The van der Waals surface area contributed by atoms with Gasteiger partial charge in [0.05, 0.1) is 0 Å². The zero-order valence-electron chi connectivity index (χ0n) is 11.2. The molecule has 0 fully saturated rings. The van der Waals surface area contributed by atoms with Crippen molar-refractivity contribution in [2.24, 2.45) is 5.92 Å². The van der Waals surface area contributed by atoms with E-state index >= 15 is 0 Å². The van der Waals surface area contributed by atoms with Gasteiger partial charge in [-0.25, -0.2) is 8.78 Å². The fourth-order valence-corrected chi connectivity index (χ4v) is 2.33. The van der Waals surface area contributed by atoms with Gasteiger partial charge in [0.2, 0.25) is 0 Å². The van der Waals surface area contributed by atoms with Crippen molar-refractivity contribution in [3.8, 4) is 0 Å². The number of hydrogen-bond acceptors (Lipinski definition) is 0. The van der Waals surface area contributed by atoms with Crippen LogP contribution in [0.2, 0.25) is 0 Å². The fraction of sp³-hybridized carbons (Fsp3) is 0.294. The molecule has 0 nitrogen and oxygen atoms in total. The second-order valence-electron chi connectivity index (χ2n) is 5.29. The van der Waals surface area contributed by atoms with E-state index in [1.165, 1.54) is 24.3 Å². The standard InChI is InChI=1S/C17H18F2/c1-12(2)11-17(13-3-7-15(18)8-4-13)14-5-9-16(19)10-6-14/h3-10,12,17H,11H2,1-2H3. The molecule has 2 heteroatoms. The lowest BCUT2D eigenvalue weighted by molar-refractivity contribution is 0.539. The largest absolute Gasteiger partial charge is 0.207 e. The Labute approximate surface area is 113 Å². The summed E-state index contributed by atoms with van der Waals surface area (Å²) in [4.78, 5) is 0. The molecule has 2 rings (SSSR count). The maximum atomic E-state index is 13.0. The van der Waals surface area contributed by atoms with Crippen LogP contribution in [-0.4, -0.2) is 0 Å². The molecule has 0 N–H and O–H groups in total. The summed E-state index contributed by atoms with van der Waals surface area (Å²) in [7, 11) is 0. The second-order valence-corrected chi connectivity index (χ2v) is 5.29. The van der Waals surface area contributed by atoms with Gasteiger partial charge in [-0.1, -0.05) is 38.1 Å². The smallest absolute Gasteiger partial charge is 0.123 e. The Balaban J connectivity index is 2.35. The first-order valence-corrected chi connectivity index (χ1v) is 6.57. The molecule has 0 aromatic heterocycles. The Morgan fingerprint density at radius 2 is 1.11 bits per heavy atom. The Hall–Kier alpha value is -1.70. The van der Waals surface area contributed by atoms with E-state index in [1.54, 1.807) is 0 Å². The third-order valence-corrected chi connectivity index (χ3v) is 3.25. The van der Waals surface area contributed by atoms with Crippen LogP contribution in [0.25, 0.3) is 0 Å². The van der Waals surface area contributed by atoms with Crippen LogP contribution in [0.1, 0.15) is 37.3 Å². The Kier molecular flexibility index (Phi) is 4.31. The molecule has 0 saturated heterocycles. The van der Waals surface area contributed by atoms with E-state index in [4.69, 9.17) is 0 Å². The zero-order chi connectivity index (χ0) is 13.8. The first-order chi connectivity index (χ1) is 9.06. The quantitative estimate of drug-likeness (QED) is 0.713. The van der Waals surface area contributed by atoms with Crippen molar-refractivity contribution >= 4 is 0 Å². The van der Waals surface area contributed by atoms with E-state index in [9.17, 15) is 8.78 Å². The molecule has 2 aromatic carbocycles. The average molecular weight is 260 g/mol. The van der Waals surface area contributed by atoms with E-state index in [0.29, 0.717) is 5.92 Å². The molecule has 100 valence electrons. The Morgan fingerprint density at radius 3 is 1.42 bits per heavy atom. The fourth-order valence-electron chi connectivity index (χ4n) is 2.33. The number of hydrogen-bond donors (Lipinski definition) is 0. The van der Waals surface area contributed by atoms with E-state index in [2.05, 4.69) is 13.8 Å². The molecule has 0 spiro atoms. The van der Waals surface area contributed by atoms with Gasteiger partial charge in [-0.2, -0.15) is 0 Å². The maximum Gasteiger partial charge on any atom is 0.123 e. The van der Waals surface area contributed by atoms with Gasteiger partial charge in [0.1, 0.15) is 11.6 Å². The summed E-state index contributed by atoms with van der Waals surface area (Å²) in [6.45, 7) is 4.31. The summed E-state index contributed by atoms with van der Waals surface area (Å²) < 4.78 is 26.0. The lowest BCUT2D eigenvalue weighted by Crippen LogP contribution is -2.05. The molecule has 0 unspecified atom stereocenters. The van der Waals surface area contributed by atoms with Crippen molar-refractivity contribution < 1.29 is 8.78 Å². The highest BCUT2D eigenvalue weighted by atomic mass is 19.1. The van der Waals surface area contributed by atoms with Crippen molar-refractivity contribution in [1.29, 1.82) is 0 Å². The van der Waals surface area contributed by atoms with E-state index in [1.807, 2.05) is 24.3 Å². The molecule has 19 heavy (non-hydrogen) atoms. The van der Waals surface area contributed by atoms with Crippen molar-refractivity contribution in [1.82, 2.24) is 0 Å². The second kappa shape index (κ2) is 5.96. The van der Waals surface area contributed by atoms with Gasteiger partial charge in [0, 0.05) is 5.92 Å². The van der Waals surface area contributed by atoms with E-state index < -0.39 is 0 Å². The molecular weight excluding hydrogens is 242 g/mol. The van der Waals surface area contributed by atoms with Crippen molar-refractivity contribution in [2.75, 3.05) is 0 Å². The molecule has 0 aliphatic rings. The van der Waals surface area contributed by atoms with Crippen LogP contribution in [0.5, 0.6) is 0 Å². The molecule has 0 aliphatic carbocycles. The first kappa shape index (κ1) is 13.7. The monoisotopic (exact) mass is 260 g/mol. The number of halogens is 2. The van der Waals surface area contributed by atoms with Crippen LogP contribution in [0.15, 0.2) is 48.5 Å². The highest BCUT2D eigenvalue weighted by molar-refractivity contribution is 5.32. The molecule has 2 aromatic rings. The van der Waals surface area contributed by atoms with Crippen LogP contribution in [-0.2, 0) is 0 Å². The Bertz CT molecular complexity index is 466. The third-order valence-electron chi connectivity index (χ3n) is 3.25. The summed E-state index contributed by atoms with van der Waals surface area (Å²) in [6.07, 6.45) is 0.956. The number of rotatable bonds is 4. The Morgan fingerprint density at radius 1 is 0.737 bits per heavy atom. The molecule has 0 aliphatic heterocycles. The van der Waals surface area contributed by atoms with Gasteiger partial charge in [-0.3, -0.25) is 0 Å². The van der Waals surface area contributed by atoms with Gasteiger partial charge in [-0.05, 0) is 47.7 Å². The predicted molar refractivity (Wildman–Crippen MR) is 74.1 cm³/mol. The van der Waals surface area contributed by atoms with Crippen LogP contribution in [0.4, 0.5) is 8.78 Å². The van der Waals surface area contributed by atoms with Gasteiger partial charge < -0.3 is 0 Å². The van der Waals surface area contributed by atoms with Gasteiger partial charge >= 0.3 is 0 Å². The van der Waals surface area contributed by atoms with Crippen molar-refractivity contribution in [3.05, 3.63) is 71.3 Å². The minimum Gasteiger partial charge on any atom is -0.207 e. The molecule has 0 atom stereocenters. The summed E-state index contributed by atoms with van der Waals surface area (Å²) in [5.74, 6) is 0.235. The van der Waals surface area contributed by atoms with Crippen molar-refractivity contribution in [3.63, 3.8) is 0 Å². The minimum atomic E-state index is -0.230. The summed E-state index contributed by atoms with van der Waals surface area (Å²) in [5.41, 5.74) is 2.14. The SMILES string of the molecule is CC(C)CC(c1ccc(F)cc1)c1ccc(F)cc1. The van der Waals surface area contributed by atoms with Gasteiger partial charge in [0.15, 0.2) is 0 Å². The predicted octanol–water partition coefficient (Wildman–Crippen LogP) is 5.14. The van der Waals surface area contributed by atoms with E-state index in [0.717, 1.165) is 17.5 Å². The molecular formula is C17H18F2. The highest BCUT2D eigenvalue weighted by Crippen LogP contribution is 2.31. The zero-order valence-corrected chi connectivity index (χ0v) is 11.2. The summed E-state index contributed by atoms with van der Waals surface area (Å²) in [6, 6.07) is 13.2. The molecule has 0 radical (unpaired) electrons. The lowest BCUT2D eigenvalue weighted by atomic mass is 9.85. The van der Waals surface area contributed by atoms with Gasteiger partial charge in [-0.15, -0.1) is 0 Å².